The predicted octanol–water partition coefficient (Wildman–Crippen LogP) is 3.16. The number of methoxy groups -OCH3 is 2. The van der Waals surface area contributed by atoms with E-state index in [0.717, 1.165) is 11.9 Å². The fourth-order valence-corrected chi connectivity index (χ4v) is 2.66. The van der Waals surface area contributed by atoms with Gasteiger partial charge >= 0.3 is 0 Å². The number of carbonyl (C=O) groups excluding carboxylic acids is 1. The van der Waals surface area contributed by atoms with E-state index >= 15 is 0 Å². The normalized spacial score (nSPS) is 10.6. The summed E-state index contributed by atoms with van der Waals surface area (Å²) >= 11 is 0. The maximum absolute atomic E-state index is 12.3. The number of hydrogen-bond acceptors (Lipinski definition) is 3. The molecule has 3 rings (SSSR count). The number of benzene rings is 2. The van der Waals surface area contributed by atoms with E-state index in [1.165, 1.54) is 10.9 Å². The van der Waals surface area contributed by atoms with Gasteiger partial charge in [-0.3, -0.25) is 4.79 Å². The van der Waals surface area contributed by atoms with Gasteiger partial charge in [-0.25, -0.2) is 0 Å². The van der Waals surface area contributed by atoms with E-state index in [1.54, 1.807) is 32.4 Å². The first-order valence-corrected chi connectivity index (χ1v) is 7.77. The van der Waals surface area contributed by atoms with Gasteiger partial charge in [0, 0.05) is 23.8 Å². The number of amides is 1. The van der Waals surface area contributed by atoms with Crippen LogP contribution in [0.2, 0.25) is 0 Å². The number of hydrogen-bond donors (Lipinski definition) is 2. The molecule has 5 nitrogen and oxygen atoms in total. The average molecular weight is 324 g/mol. The molecule has 0 fully saturated rings. The maximum atomic E-state index is 12.3. The summed E-state index contributed by atoms with van der Waals surface area (Å²) in [6.45, 7) is 0.573. The van der Waals surface area contributed by atoms with Gasteiger partial charge in [0.25, 0.3) is 5.91 Å². The highest BCUT2D eigenvalue weighted by molar-refractivity contribution is 5.94. The Kier molecular flexibility index (Phi) is 4.70. The van der Waals surface area contributed by atoms with Gasteiger partial charge in [-0.15, -0.1) is 0 Å². The quantitative estimate of drug-likeness (QED) is 0.732. The van der Waals surface area contributed by atoms with Crippen molar-refractivity contribution >= 4 is 16.8 Å². The zero-order valence-corrected chi connectivity index (χ0v) is 13.8. The van der Waals surface area contributed by atoms with Gasteiger partial charge in [0.15, 0.2) is 11.5 Å². The van der Waals surface area contributed by atoms with Gasteiger partial charge in [-0.2, -0.15) is 0 Å². The molecule has 0 aliphatic heterocycles. The highest BCUT2D eigenvalue weighted by atomic mass is 16.5. The fourth-order valence-electron chi connectivity index (χ4n) is 2.66. The molecule has 3 aromatic rings. The average Bonchev–Trinajstić information content (AvgIpc) is 3.08. The molecule has 0 aliphatic carbocycles. The fraction of sp³-hybridized carbons (Fsp3) is 0.211. The summed E-state index contributed by atoms with van der Waals surface area (Å²) in [4.78, 5) is 15.4. The third-order valence-corrected chi connectivity index (χ3v) is 3.96. The first-order valence-electron chi connectivity index (χ1n) is 7.77. The van der Waals surface area contributed by atoms with Crippen molar-refractivity contribution in [2.75, 3.05) is 20.8 Å². The second-order valence-corrected chi connectivity index (χ2v) is 5.47. The van der Waals surface area contributed by atoms with Crippen molar-refractivity contribution in [3.63, 3.8) is 0 Å². The summed E-state index contributed by atoms with van der Waals surface area (Å²) < 4.78 is 10.4. The number of nitrogens with one attached hydrogen (secondary N) is 2. The number of ether oxygens (including phenoxy) is 2. The summed E-state index contributed by atoms with van der Waals surface area (Å²) in [6, 6.07) is 13.4. The van der Waals surface area contributed by atoms with Crippen molar-refractivity contribution in [2.45, 2.75) is 6.42 Å². The highest BCUT2D eigenvalue weighted by Crippen LogP contribution is 2.27. The van der Waals surface area contributed by atoms with Gasteiger partial charge in [0.2, 0.25) is 0 Å². The molecule has 124 valence electrons. The molecule has 0 unspecified atom stereocenters. The highest BCUT2D eigenvalue weighted by Gasteiger charge is 2.10. The SMILES string of the molecule is COc1ccc(C(=O)NCCc2ccc3[nH]ccc3c2)cc1OC. The third kappa shape index (κ3) is 3.35. The van der Waals surface area contributed by atoms with E-state index in [2.05, 4.69) is 28.5 Å². The van der Waals surface area contributed by atoms with Crippen LogP contribution in [0.1, 0.15) is 15.9 Å². The van der Waals surface area contributed by atoms with E-state index < -0.39 is 0 Å². The Balaban J connectivity index is 1.60. The molecule has 24 heavy (non-hydrogen) atoms. The number of fused-ring (bicyclic) bond motifs is 1. The molecule has 0 aliphatic rings. The van der Waals surface area contributed by atoms with Crippen LogP contribution in [0.5, 0.6) is 11.5 Å². The molecular weight excluding hydrogens is 304 g/mol. The molecule has 0 saturated carbocycles. The molecule has 1 heterocycles. The zero-order chi connectivity index (χ0) is 16.9. The molecular formula is C19H20N2O3. The first kappa shape index (κ1) is 15.9. The Morgan fingerprint density at radius 1 is 1.04 bits per heavy atom. The smallest absolute Gasteiger partial charge is 0.251 e. The molecule has 0 saturated heterocycles. The van der Waals surface area contributed by atoms with E-state index in [0.29, 0.717) is 23.6 Å². The van der Waals surface area contributed by atoms with E-state index in [-0.39, 0.29) is 5.91 Å². The van der Waals surface area contributed by atoms with Gasteiger partial charge < -0.3 is 19.8 Å². The molecule has 2 aromatic carbocycles. The van der Waals surface area contributed by atoms with Crippen LogP contribution in [-0.2, 0) is 6.42 Å². The lowest BCUT2D eigenvalue weighted by atomic mass is 10.1. The molecule has 0 bridgehead atoms. The standard InChI is InChI=1S/C19H20N2O3/c1-23-17-6-4-15(12-18(17)24-2)19(22)21-9-7-13-3-5-16-14(11-13)8-10-20-16/h3-6,8,10-12,20H,7,9H2,1-2H3,(H,21,22). The third-order valence-electron chi connectivity index (χ3n) is 3.96. The van der Waals surface area contributed by atoms with Crippen LogP contribution in [0, 0.1) is 0 Å². The number of carbonyl (C=O) groups is 1. The maximum Gasteiger partial charge on any atom is 0.251 e. The topological polar surface area (TPSA) is 63.3 Å². The lowest BCUT2D eigenvalue weighted by Gasteiger charge is -2.10. The van der Waals surface area contributed by atoms with Crippen LogP contribution in [0.4, 0.5) is 0 Å². The molecule has 1 aromatic heterocycles. The number of rotatable bonds is 6. The van der Waals surface area contributed by atoms with Gasteiger partial charge in [0.05, 0.1) is 14.2 Å². The van der Waals surface area contributed by atoms with Crippen LogP contribution in [0.15, 0.2) is 48.7 Å². The first-order chi connectivity index (χ1) is 11.7. The number of aromatic nitrogens is 1. The zero-order valence-electron chi connectivity index (χ0n) is 13.8. The summed E-state index contributed by atoms with van der Waals surface area (Å²) in [5, 5.41) is 4.11. The second kappa shape index (κ2) is 7.08. The molecule has 5 heteroatoms. The lowest BCUT2D eigenvalue weighted by molar-refractivity contribution is 0.0953. The Hall–Kier alpha value is -2.95. The van der Waals surface area contributed by atoms with Crippen LogP contribution in [0.25, 0.3) is 10.9 Å². The van der Waals surface area contributed by atoms with E-state index in [1.807, 2.05) is 12.3 Å². The number of aromatic amines is 1. The molecule has 0 radical (unpaired) electrons. The van der Waals surface area contributed by atoms with Gasteiger partial charge in [-0.05, 0) is 53.8 Å². The van der Waals surface area contributed by atoms with Crippen molar-refractivity contribution < 1.29 is 14.3 Å². The number of H-pyrrole nitrogens is 1. The van der Waals surface area contributed by atoms with Crippen molar-refractivity contribution in [1.29, 1.82) is 0 Å². The summed E-state index contributed by atoms with van der Waals surface area (Å²) in [5.41, 5.74) is 2.86. The van der Waals surface area contributed by atoms with Gasteiger partial charge in [-0.1, -0.05) is 6.07 Å². The Morgan fingerprint density at radius 3 is 2.67 bits per heavy atom. The van der Waals surface area contributed by atoms with Gasteiger partial charge in [0.1, 0.15) is 0 Å². The molecule has 0 spiro atoms. The molecule has 0 atom stereocenters. The minimum absolute atomic E-state index is 0.126. The molecule has 2 N–H and O–H groups in total. The van der Waals surface area contributed by atoms with Crippen LogP contribution in [0.3, 0.4) is 0 Å². The molecule has 1 amide bonds. The predicted molar refractivity (Wildman–Crippen MR) is 93.9 cm³/mol. The van der Waals surface area contributed by atoms with Crippen molar-refractivity contribution in [2.24, 2.45) is 0 Å². The lowest BCUT2D eigenvalue weighted by Crippen LogP contribution is -2.25. The largest absolute Gasteiger partial charge is 0.493 e. The Labute approximate surface area is 140 Å². The van der Waals surface area contributed by atoms with Crippen LogP contribution < -0.4 is 14.8 Å². The Bertz CT molecular complexity index is 855. The van der Waals surface area contributed by atoms with Crippen molar-refractivity contribution in [3.8, 4) is 11.5 Å². The summed E-state index contributed by atoms with van der Waals surface area (Å²) in [5.74, 6) is 1.02. The minimum atomic E-state index is -0.126. The Morgan fingerprint density at radius 2 is 1.88 bits per heavy atom. The minimum Gasteiger partial charge on any atom is -0.493 e. The monoisotopic (exact) mass is 324 g/mol. The van der Waals surface area contributed by atoms with Crippen LogP contribution in [-0.4, -0.2) is 31.7 Å². The summed E-state index contributed by atoms with van der Waals surface area (Å²) in [7, 11) is 3.12. The van der Waals surface area contributed by atoms with E-state index in [4.69, 9.17) is 9.47 Å². The van der Waals surface area contributed by atoms with Crippen molar-refractivity contribution in [1.82, 2.24) is 10.3 Å². The van der Waals surface area contributed by atoms with Crippen LogP contribution >= 0.6 is 0 Å². The van der Waals surface area contributed by atoms with Crippen molar-refractivity contribution in [3.05, 3.63) is 59.8 Å². The second-order valence-electron chi connectivity index (χ2n) is 5.47. The van der Waals surface area contributed by atoms with E-state index in [9.17, 15) is 4.79 Å². The summed E-state index contributed by atoms with van der Waals surface area (Å²) in [6.07, 6.45) is 2.70.